The van der Waals surface area contributed by atoms with Crippen molar-refractivity contribution in [3.8, 4) is 0 Å². The minimum atomic E-state index is 0.0720. The molecular formula is C24H31N3O2. The van der Waals surface area contributed by atoms with E-state index in [2.05, 4.69) is 57.6 Å². The molecule has 2 saturated heterocycles. The second-order valence-electron chi connectivity index (χ2n) is 8.02. The Balaban J connectivity index is 1.21. The summed E-state index contributed by atoms with van der Waals surface area (Å²) in [6.07, 6.45) is 3.81. The van der Waals surface area contributed by atoms with Gasteiger partial charge in [0.05, 0.1) is 6.10 Å². The zero-order valence-electron chi connectivity index (χ0n) is 17.1. The highest BCUT2D eigenvalue weighted by molar-refractivity contribution is 5.90. The number of hydrogen-bond donors (Lipinski definition) is 1. The summed E-state index contributed by atoms with van der Waals surface area (Å²) in [7, 11) is 0. The van der Waals surface area contributed by atoms with E-state index in [0.29, 0.717) is 6.42 Å². The molecule has 5 nitrogen and oxygen atoms in total. The van der Waals surface area contributed by atoms with Crippen LogP contribution in [0.4, 0.5) is 11.4 Å². The maximum Gasteiger partial charge on any atom is 0.224 e. The molecule has 2 heterocycles. The zero-order valence-corrected chi connectivity index (χ0v) is 17.1. The summed E-state index contributed by atoms with van der Waals surface area (Å²) in [5, 5.41) is 3.01. The third-order valence-corrected chi connectivity index (χ3v) is 5.85. The van der Waals surface area contributed by atoms with Crippen LogP contribution >= 0.6 is 0 Å². The highest BCUT2D eigenvalue weighted by atomic mass is 16.5. The number of hydrogen-bond acceptors (Lipinski definition) is 4. The zero-order chi connectivity index (χ0) is 19.9. The number of benzene rings is 2. The van der Waals surface area contributed by atoms with Gasteiger partial charge in [-0.2, -0.15) is 0 Å². The first kappa shape index (κ1) is 19.9. The van der Waals surface area contributed by atoms with E-state index >= 15 is 0 Å². The molecule has 0 aliphatic carbocycles. The van der Waals surface area contributed by atoms with Crippen LogP contribution in [0.25, 0.3) is 0 Å². The number of piperazine rings is 1. The van der Waals surface area contributed by atoms with Crippen LogP contribution in [0.1, 0.15) is 31.2 Å². The lowest BCUT2D eigenvalue weighted by atomic mass is 10.1. The Bertz CT molecular complexity index is 764. The molecule has 0 radical (unpaired) electrons. The van der Waals surface area contributed by atoms with Gasteiger partial charge >= 0.3 is 0 Å². The summed E-state index contributed by atoms with van der Waals surface area (Å²) >= 11 is 0. The van der Waals surface area contributed by atoms with Gasteiger partial charge in [0.25, 0.3) is 0 Å². The average Bonchev–Trinajstić information content (AvgIpc) is 3.28. The molecule has 0 saturated carbocycles. The van der Waals surface area contributed by atoms with E-state index in [4.69, 9.17) is 4.74 Å². The van der Waals surface area contributed by atoms with Crippen LogP contribution in [0.2, 0.25) is 0 Å². The molecule has 1 unspecified atom stereocenters. The largest absolute Gasteiger partial charge is 0.378 e. The van der Waals surface area contributed by atoms with E-state index in [0.717, 1.165) is 64.3 Å². The molecule has 0 bridgehead atoms. The van der Waals surface area contributed by atoms with Crippen LogP contribution in [0.3, 0.4) is 0 Å². The number of amides is 1. The quantitative estimate of drug-likeness (QED) is 0.775. The summed E-state index contributed by atoms with van der Waals surface area (Å²) in [6, 6.07) is 18.9. The lowest BCUT2D eigenvalue weighted by Crippen LogP contribution is -2.45. The van der Waals surface area contributed by atoms with Gasteiger partial charge in [-0.3, -0.25) is 9.69 Å². The van der Waals surface area contributed by atoms with Crippen LogP contribution in [0.5, 0.6) is 0 Å². The van der Waals surface area contributed by atoms with Gasteiger partial charge in [-0.25, -0.2) is 0 Å². The third-order valence-electron chi connectivity index (χ3n) is 5.85. The highest BCUT2D eigenvalue weighted by Gasteiger charge is 2.18. The first-order valence-corrected chi connectivity index (χ1v) is 10.8. The minimum Gasteiger partial charge on any atom is -0.378 e. The number of carbonyl (C=O) groups is 1. The van der Waals surface area contributed by atoms with Gasteiger partial charge in [0.15, 0.2) is 0 Å². The van der Waals surface area contributed by atoms with Crippen LogP contribution in [-0.2, 0) is 16.1 Å². The van der Waals surface area contributed by atoms with Crippen molar-refractivity contribution in [2.75, 3.05) is 43.0 Å². The molecule has 1 atom stereocenters. The van der Waals surface area contributed by atoms with Crippen LogP contribution < -0.4 is 10.2 Å². The summed E-state index contributed by atoms with van der Waals surface area (Å²) < 4.78 is 5.59. The van der Waals surface area contributed by atoms with Crippen molar-refractivity contribution in [2.45, 2.75) is 38.3 Å². The Labute approximate surface area is 173 Å². The monoisotopic (exact) mass is 393 g/mol. The Hall–Kier alpha value is -2.37. The predicted molar refractivity (Wildman–Crippen MR) is 117 cm³/mol. The smallest absolute Gasteiger partial charge is 0.224 e. The minimum absolute atomic E-state index is 0.0720. The third kappa shape index (κ3) is 5.81. The van der Waals surface area contributed by atoms with Crippen LogP contribution in [-0.4, -0.2) is 49.7 Å². The molecular weight excluding hydrogens is 362 g/mol. The summed E-state index contributed by atoms with van der Waals surface area (Å²) in [6.45, 7) is 6.05. The number of carbonyl (C=O) groups excluding carboxylic acids is 1. The number of rotatable bonds is 7. The van der Waals surface area contributed by atoms with Crippen LogP contribution in [0.15, 0.2) is 54.6 Å². The lowest BCUT2D eigenvalue weighted by Gasteiger charge is -2.36. The van der Waals surface area contributed by atoms with Gasteiger partial charge in [0.1, 0.15) is 0 Å². The number of anilines is 2. The van der Waals surface area contributed by atoms with Crippen molar-refractivity contribution < 1.29 is 9.53 Å². The topological polar surface area (TPSA) is 44.8 Å². The SMILES string of the molecule is O=C(CCC1CCCO1)Nc1ccc(N2CCN(Cc3ccccc3)CC2)cc1. The summed E-state index contributed by atoms with van der Waals surface area (Å²) in [5.41, 5.74) is 3.47. The fourth-order valence-electron chi connectivity index (χ4n) is 4.15. The Morgan fingerprint density at radius 1 is 1.00 bits per heavy atom. The van der Waals surface area contributed by atoms with Crippen LogP contribution in [0, 0.1) is 0 Å². The molecule has 0 aromatic heterocycles. The molecule has 1 N–H and O–H groups in total. The maximum atomic E-state index is 12.2. The Morgan fingerprint density at radius 3 is 2.45 bits per heavy atom. The van der Waals surface area contributed by atoms with Crippen molar-refractivity contribution in [1.29, 1.82) is 0 Å². The Kier molecular flexibility index (Phi) is 6.80. The van der Waals surface area contributed by atoms with Crippen molar-refractivity contribution in [1.82, 2.24) is 4.90 Å². The van der Waals surface area contributed by atoms with E-state index in [1.54, 1.807) is 0 Å². The lowest BCUT2D eigenvalue weighted by molar-refractivity contribution is -0.116. The van der Waals surface area contributed by atoms with Gasteiger partial charge in [-0.05, 0) is 49.1 Å². The Morgan fingerprint density at radius 2 is 1.76 bits per heavy atom. The molecule has 2 aliphatic rings. The van der Waals surface area contributed by atoms with Crippen molar-refractivity contribution in [2.24, 2.45) is 0 Å². The molecule has 1 amide bonds. The fraction of sp³-hybridized carbons (Fsp3) is 0.458. The molecule has 2 fully saturated rings. The van der Waals surface area contributed by atoms with Gasteiger partial charge in [0.2, 0.25) is 5.91 Å². The summed E-state index contributed by atoms with van der Waals surface area (Å²) in [5.74, 6) is 0.0720. The molecule has 0 spiro atoms. The molecule has 5 heteroatoms. The number of ether oxygens (including phenoxy) is 1. The van der Waals surface area contributed by atoms with E-state index in [1.165, 1.54) is 11.3 Å². The van der Waals surface area contributed by atoms with Crippen molar-refractivity contribution in [3.63, 3.8) is 0 Å². The van der Waals surface area contributed by atoms with E-state index in [-0.39, 0.29) is 12.0 Å². The van der Waals surface area contributed by atoms with Gasteiger partial charge in [0, 0.05) is 57.1 Å². The first-order valence-electron chi connectivity index (χ1n) is 10.8. The molecule has 4 rings (SSSR count). The predicted octanol–water partition coefficient (Wildman–Crippen LogP) is 3.91. The van der Waals surface area contributed by atoms with Crippen molar-refractivity contribution >= 4 is 17.3 Å². The standard InChI is InChI=1S/C24H31N3O2/c28-24(13-12-23-7-4-18-29-23)25-21-8-10-22(11-9-21)27-16-14-26(15-17-27)19-20-5-2-1-3-6-20/h1-3,5-6,8-11,23H,4,7,12-19H2,(H,25,28). The summed E-state index contributed by atoms with van der Waals surface area (Å²) in [4.78, 5) is 17.1. The van der Waals surface area contributed by atoms with E-state index < -0.39 is 0 Å². The van der Waals surface area contributed by atoms with Gasteiger partial charge in [-0.15, -0.1) is 0 Å². The number of nitrogens with zero attached hydrogens (tertiary/aromatic N) is 2. The highest BCUT2D eigenvalue weighted by Crippen LogP contribution is 2.21. The average molecular weight is 394 g/mol. The van der Waals surface area contributed by atoms with E-state index in [9.17, 15) is 4.79 Å². The maximum absolute atomic E-state index is 12.2. The van der Waals surface area contributed by atoms with Crippen molar-refractivity contribution in [3.05, 3.63) is 60.2 Å². The molecule has 154 valence electrons. The number of nitrogens with one attached hydrogen (secondary N) is 1. The van der Waals surface area contributed by atoms with Gasteiger partial charge in [-0.1, -0.05) is 30.3 Å². The fourth-order valence-corrected chi connectivity index (χ4v) is 4.15. The second-order valence-corrected chi connectivity index (χ2v) is 8.02. The molecule has 29 heavy (non-hydrogen) atoms. The second kappa shape index (κ2) is 9.90. The van der Waals surface area contributed by atoms with Gasteiger partial charge < -0.3 is 15.0 Å². The molecule has 2 aliphatic heterocycles. The first-order chi connectivity index (χ1) is 14.3. The van der Waals surface area contributed by atoms with E-state index in [1.807, 2.05) is 12.1 Å². The normalized spacial score (nSPS) is 20.0. The molecule has 2 aromatic rings. The molecule has 2 aromatic carbocycles.